The molecule has 1 aromatic rings. The van der Waals surface area contributed by atoms with Crippen LogP contribution in [0.5, 0.6) is 11.5 Å². The summed E-state index contributed by atoms with van der Waals surface area (Å²) in [6, 6.07) is 5.14. The van der Waals surface area contributed by atoms with Gasteiger partial charge in [-0.15, -0.1) is 0 Å². The van der Waals surface area contributed by atoms with Crippen molar-refractivity contribution in [3.05, 3.63) is 23.8 Å². The number of hydrogen-bond donors (Lipinski definition) is 1. The second-order valence-corrected chi connectivity index (χ2v) is 5.82. The molecule has 1 N–H and O–H groups in total. The number of amides is 1. The lowest BCUT2D eigenvalue weighted by Gasteiger charge is -2.18. The molecule has 2 aliphatic rings. The number of rotatable bonds is 6. The Balaban J connectivity index is 1.46. The van der Waals surface area contributed by atoms with Gasteiger partial charge in [0.15, 0.2) is 17.3 Å². The van der Waals surface area contributed by atoms with Gasteiger partial charge in [-0.2, -0.15) is 0 Å². The third-order valence-electron chi connectivity index (χ3n) is 4.06. The zero-order valence-electron chi connectivity index (χ0n) is 13.0. The van der Waals surface area contributed by atoms with Crippen molar-refractivity contribution < 1.29 is 23.8 Å². The van der Waals surface area contributed by atoms with Crippen molar-refractivity contribution in [2.24, 2.45) is 5.92 Å². The van der Waals surface area contributed by atoms with Crippen LogP contribution in [0.3, 0.4) is 0 Å². The number of carbonyl (C=O) groups is 2. The van der Waals surface area contributed by atoms with E-state index in [1.807, 2.05) is 0 Å². The third-order valence-corrected chi connectivity index (χ3v) is 4.06. The zero-order valence-corrected chi connectivity index (χ0v) is 13.0. The van der Waals surface area contributed by atoms with Crippen LogP contribution in [0.4, 0.5) is 0 Å². The summed E-state index contributed by atoms with van der Waals surface area (Å²) in [4.78, 5) is 24.0. The number of ketones is 1. The summed E-state index contributed by atoms with van der Waals surface area (Å²) in [6.45, 7) is 3.10. The first-order chi connectivity index (χ1) is 11.2. The molecule has 0 bridgehead atoms. The van der Waals surface area contributed by atoms with Crippen LogP contribution >= 0.6 is 0 Å². The molecule has 2 aliphatic heterocycles. The Morgan fingerprint density at radius 3 is 2.70 bits per heavy atom. The van der Waals surface area contributed by atoms with Crippen LogP contribution in [-0.2, 0) is 9.53 Å². The third kappa shape index (κ3) is 4.22. The lowest BCUT2D eigenvalue weighted by Crippen LogP contribution is -2.29. The van der Waals surface area contributed by atoms with Crippen molar-refractivity contribution in [1.82, 2.24) is 5.32 Å². The fraction of sp³-hybridized carbons (Fsp3) is 0.529. The summed E-state index contributed by atoms with van der Waals surface area (Å²) in [7, 11) is 0. The topological polar surface area (TPSA) is 73.9 Å². The molecule has 23 heavy (non-hydrogen) atoms. The van der Waals surface area contributed by atoms with Gasteiger partial charge < -0.3 is 19.5 Å². The van der Waals surface area contributed by atoms with Crippen LogP contribution in [-0.4, -0.2) is 44.7 Å². The molecule has 124 valence electrons. The normalized spacial score (nSPS) is 19.4. The van der Waals surface area contributed by atoms with E-state index in [1.54, 1.807) is 18.2 Å². The molecule has 6 nitrogen and oxygen atoms in total. The van der Waals surface area contributed by atoms with E-state index in [-0.39, 0.29) is 24.5 Å². The average molecular weight is 319 g/mol. The molecule has 0 aliphatic carbocycles. The van der Waals surface area contributed by atoms with Crippen LogP contribution in [0.25, 0.3) is 0 Å². The van der Waals surface area contributed by atoms with Crippen molar-refractivity contribution in [1.29, 1.82) is 0 Å². The number of ether oxygens (including phenoxy) is 3. The molecule has 1 fully saturated rings. The van der Waals surface area contributed by atoms with E-state index in [1.165, 1.54) is 0 Å². The number of Topliss-reactive ketones (excluding diaryl/α,β-unsaturated/α-hetero) is 1. The van der Waals surface area contributed by atoms with E-state index >= 15 is 0 Å². The van der Waals surface area contributed by atoms with E-state index in [0.29, 0.717) is 49.3 Å². The van der Waals surface area contributed by atoms with Gasteiger partial charge in [-0.3, -0.25) is 9.59 Å². The molecule has 2 heterocycles. The largest absolute Gasteiger partial charge is 0.486 e. The number of fused-ring (bicyclic) bond motifs is 1. The highest BCUT2D eigenvalue weighted by Crippen LogP contribution is 2.31. The summed E-state index contributed by atoms with van der Waals surface area (Å²) in [5.41, 5.74) is 0.547. The SMILES string of the molecule is O=C(CCC(=O)c1ccc2c(c1)OCCO2)NC[C@H]1CCOC1. The predicted molar refractivity (Wildman–Crippen MR) is 82.9 cm³/mol. The maximum Gasteiger partial charge on any atom is 0.220 e. The Labute approximate surface area is 135 Å². The first-order valence-corrected chi connectivity index (χ1v) is 7.99. The highest BCUT2D eigenvalue weighted by molar-refractivity contribution is 5.98. The molecule has 1 saturated heterocycles. The first-order valence-electron chi connectivity index (χ1n) is 7.99. The van der Waals surface area contributed by atoms with Gasteiger partial charge in [-0.25, -0.2) is 0 Å². The van der Waals surface area contributed by atoms with Crippen molar-refractivity contribution in [2.45, 2.75) is 19.3 Å². The molecule has 6 heteroatoms. The summed E-state index contributed by atoms with van der Waals surface area (Å²) >= 11 is 0. The minimum Gasteiger partial charge on any atom is -0.486 e. The second-order valence-electron chi connectivity index (χ2n) is 5.82. The second kappa shape index (κ2) is 7.46. The smallest absolute Gasteiger partial charge is 0.220 e. The van der Waals surface area contributed by atoms with Gasteiger partial charge in [-0.05, 0) is 24.6 Å². The Morgan fingerprint density at radius 1 is 1.09 bits per heavy atom. The Hall–Kier alpha value is -2.08. The molecular formula is C17H21NO5. The van der Waals surface area contributed by atoms with E-state index < -0.39 is 0 Å². The van der Waals surface area contributed by atoms with Crippen LogP contribution in [0.1, 0.15) is 29.6 Å². The number of benzene rings is 1. The molecule has 3 rings (SSSR count). The Morgan fingerprint density at radius 2 is 1.91 bits per heavy atom. The van der Waals surface area contributed by atoms with Gasteiger partial charge in [0.1, 0.15) is 13.2 Å². The molecule has 1 atom stereocenters. The molecule has 0 spiro atoms. The number of carbonyl (C=O) groups excluding carboxylic acids is 2. The lowest BCUT2D eigenvalue weighted by atomic mass is 10.1. The monoisotopic (exact) mass is 319 g/mol. The highest BCUT2D eigenvalue weighted by atomic mass is 16.6. The maximum atomic E-state index is 12.2. The van der Waals surface area contributed by atoms with Gasteiger partial charge in [0.2, 0.25) is 5.91 Å². The quantitative estimate of drug-likeness (QED) is 0.806. The number of nitrogens with one attached hydrogen (secondary N) is 1. The molecule has 0 unspecified atom stereocenters. The Kier molecular flexibility index (Phi) is 5.12. The van der Waals surface area contributed by atoms with E-state index in [2.05, 4.69) is 5.32 Å². The molecule has 0 saturated carbocycles. The minimum atomic E-state index is -0.0946. The highest BCUT2D eigenvalue weighted by Gasteiger charge is 2.18. The fourth-order valence-corrected chi connectivity index (χ4v) is 2.68. The molecule has 0 radical (unpaired) electrons. The standard InChI is InChI=1S/C17H21NO5/c19-14(2-4-17(20)18-10-12-5-6-21-11-12)13-1-3-15-16(9-13)23-8-7-22-15/h1,3,9,12H,2,4-8,10-11H2,(H,18,20)/t12-/m1/s1. The van der Waals surface area contributed by atoms with Gasteiger partial charge in [-0.1, -0.05) is 0 Å². The molecule has 1 aromatic carbocycles. The van der Waals surface area contributed by atoms with E-state index in [4.69, 9.17) is 14.2 Å². The van der Waals surface area contributed by atoms with Crippen molar-refractivity contribution in [3.63, 3.8) is 0 Å². The summed E-state index contributed by atoms with van der Waals surface area (Å²) in [5.74, 6) is 1.48. The van der Waals surface area contributed by atoms with Crippen LogP contribution in [0.2, 0.25) is 0 Å². The van der Waals surface area contributed by atoms with Gasteiger partial charge >= 0.3 is 0 Å². The van der Waals surface area contributed by atoms with E-state index in [0.717, 1.165) is 13.0 Å². The Bertz CT molecular complexity index is 580. The fourth-order valence-electron chi connectivity index (χ4n) is 2.68. The van der Waals surface area contributed by atoms with Crippen molar-refractivity contribution in [3.8, 4) is 11.5 Å². The van der Waals surface area contributed by atoms with Crippen LogP contribution in [0, 0.1) is 5.92 Å². The summed E-state index contributed by atoms with van der Waals surface area (Å²) in [5, 5.41) is 2.87. The molecule has 0 aromatic heterocycles. The summed E-state index contributed by atoms with van der Waals surface area (Å²) < 4.78 is 16.2. The molecule has 1 amide bonds. The van der Waals surface area contributed by atoms with Gasteiger partial charge in [0.25, 0.3) is 0 Å². The van der Waals surface area contributed by atoms with Crippen LogP contribution in [0.15, 0.2) is 18.2 Å². The lowest BCUT2D eigenvalue weighted by molar-refractivity contribution is -0.121. The predicted octanol–water partition coefficient (Wildman–Crippen LogP) is 1.57. The zero-order chi connectivity index (χ0) is 16.1. The van der Waals surface area contributed by atoms with Gasteiger partial charge in [0, 0.05) is 37.5 Å². The maximum absolute atomic E-state index is 12.2. The summed E-state index contributed by atoms with van der Waals surface area (Å²) in [6.07, 6.45) is 1.36. The van der Waals surface area contributed by atoms with Crippen molar-refractivity contribution in [2.75, 3.05) is 33.0 Å². The number of hydrogen-bond acceptors (Lipinski definition) is 5. The van der Waals surface area contributed by atoms with Crippen LogP contribution < -0.4 is 14.8 Å². The minimum absolute atomic E-state index is 0.0682. The first kappa shape index (κ1) is 15.8. The molecular weight excluding hydrogens is 298 g/mol. The van der Waals surface area contributed by atoms with Gasteiger partial charge in [0.05, 0.1) is 6.61 Å². The van der Waals surface area contributed by atoms with Crippen molar-refractivity contribution >= 4 is 11.7 Å². The average Bonchev–Trinajstić information content (AvgIpc) is 3.11. The van der Waals surface area contributed by atoms with E-state index in [9.17, 15) is 9.59 Å².